The van der Waals surface area contributed by atoms with E-state index in [1.807, 2.05) is 12.1 Å². The number of nitrogens with zero attached hydrogens (tertiary/aromatic N) is 2. The van der Waals surface area contributed by atoms with Gasteiger partial charge in [0.25, 0.3) is 0 Å². The first-order valence-corrected chi connectivity index (χ1v) is 11.1. The Morgan fingerprint density at radius 3 is 2.47 bits per heavy atom. The Bertz CT molecular complexity index is 1310. The molecule has 34 heavy (non-hydrogen) atoms. The number of hydrogen-bond acceptors (Lipinski definition) is 4. The summed E-state index contributed by atoms with van der Waals surface area (Å²) in [5.74, 6) is -1.40. The van der Waals surface area contributed by atoms with Crippen molar-refractivity contribution in [1.82, 2.24) is 14.9 Å². The first kappa shape index (κ1) is 20.9. The topological polar surface area (TPSA) is 75.3 Å². The molecule has 1 aromatic heterocycles. The van der Waals surface area contributed by atoms with E-state index in [1.54, 1.807) is 41.3 Å². The molecule has 1 unspecified atom stereocenters. The summed E-state index contributed by atoms with van der Waals surface area (Å²) in [7, 11) is 0. The number of nitrogens with one attached hydrogen (secondary N) is 1. The molecule has 6 rings (SSSR count). The van der Waals surface area contributed by atoms with Gasteiger partial charge in [-0.2, -0.15) is 13.2 Å². The van der Waals surface area contributed by atoms with Gasteiger partial charge in [0.15, 0.2) is 5.60 Å². The van der Waals surface area contributed by atoms with E-state index in [-0.39, 0.29) is 17.6 Å². The molecule has 0 bridgehead atoms. The van der Waals surface area contributed by atoms with Gasteiger partial charge in [-0.25, -0.2) is 9.78 Å². The van der Waals surface area contributed by atoms with Crippen molar-refractivity contribution in [2.24, 2.45) is 0 Å². The zero-order chi connectivity index (χ0) is 23.7. The number of aromatic nitrogens is 2. The van der Waals surface area contributed by atoms with Gasteiger partial charge in [-0.1, -0.05) is 42.5 Å². The molecule has 1 saturated carbocycles. The number of carbonyl (C=O) groups is 2. The van der Waals surface area contributed by atoms with Gasteiger partial charge in [-0.3, -0.25) is 4.79 Å². The number of likely N-dealkylation sites (tertiary alicyclic amines) is 1. The minimum atomic E-state index is -4.54. The highest BCUT2D eigenvalue weighted by Gasteiger charge is 2.57. The Kier molecular flexibility index (Phi) is 4.28. The summed E-state index contributed by atoms with van der Waals surface area (Å²) < 4.78 is 44.3. The third kappa shape index (κ3) is 3.06. The molecule has 6 nitrogen and oxygen atoms in total. The van der Waals surface area contributed by atoms with Crippen LogP contribution in [0, 0.1) is 0 Å². The molecule has 1 saturated heterocycles. The average Bonchev–Trinajstić information content (AvgIpc) is 3.17. The van der Waals surface area contributed by atoms with E-state index < -0.39 is 23.0 Å². The van der Waals surface area contributed by atoms with Gasteiger partial charge in [0.05, 0.1) is 29.4 Å². The van der Waals surface area contributed by atoms with Crippen molar-refractivity contribution in [2.75, 3.05) is 13.1 Å². The van der Waals surface area contributed by atoms with Gasteiger partial charge in [-0.05, 0) is 30.0 Å². The Hall–Kier alpha value is -3.62. The third-order valence-electron chi connectivity index (χ3n) is 7.20. The van der Waals surface area contributed by atoms with Crippen molar-refractivity contribution in [3.8, 4) is 11.3 Å². The van der Waals surface area contributed by atoms with E-state index in [0.29, 0.717) is 43.5 Å². The number of ether oxygens (including phenoxy) is 1. The van der Waals surface area contributed by atoms with Crippen LogP contribution in [0.1, 0.15) is 46.6 Å². The van der Waals surface area contributed by atoms with Crippen LogP contribution in [-0.4, -0.2) is 39.8 Å². The number of carbonyl (C=O) groups excluding carboxylic acids is 2. The van der Waals surface area contributed by atoms with Crippen molar-refractivity contribution in [3.63, 3.8) is 0 Å². The van der Waals surface area contributed by atoms with Crippen LogP contribution in [0.4, 0.5) is 13.2 Å². The smallest absolute Gasteiger partial charge is 0.449 e. The number of rotatable bonds is 3. The molecule has 2 fully saturated rings. The molecular formula is C25H20F3N3O3. The lowest BCUT2D eigenvalue weighted by molar-refractivity contribution is -0.144. The number of alkyl halides is 3. The lowest BCUT2D eigenvalue weighted by atomic mass is 9.91. The number of amides is 1. The summed E-state index contributed by atoms with van der Waals surface area (Å²) in [5.41, 5.74) is 1.62. The Balaban J connectivity index is 1.22. The van der Waals surface area contributed by atoms with Crippen LogP contribution in [-0.2, 0) is 26.7 Å². The Labute approximate surface area is 192 Å². The second-order valence-corrected chi connectivity index (χ2v) is 9.21. The largest absolute Gasteiger partial charge is 0.449 e. The van der Waals surface area contributed by atoms with Gasteiger partial charge < -0.3 is 14.6 Å². The van der Waals surface area contributed by atoms with Gasteiger partial charge in [0, 0.05) is 18.5 Å². The van der Waals surface area contributed by atoms with Crippen LogP contribution < -0.4 is 0 Å². The monoisotopic (exact) mass is 467 g/mol. The lowest BCUT2D eigenvalue weighted by Crippen LogP contribution is -2.40. The number of halogens is 3. The molecule has 1 amide bonds. The SMILES string of the molecule is O=C1OC2(CCN(C(=O)C3(c4ccc(-c5cnc(C(F)(F)F)[nH]5)cc4)CC3)C2)c2ccccc21. The van der Waals surface area contributed by atoms with Crippen LogP contribution in [0.2, 0.25) is 0 Å². The second kappa shape index (κ2) is 6.94. The fourth-order valence-electron chi connectivity index (χ4n) is 5.24. The molecule has 174 valence electrons. The number of esters is 1. The maximum atomic E-state index is 13.6. The van der Waals surface area contributed by atoms with Crippen molar-refractivity contribution >= 4 is 11.9 Å². The second-order valence-electron chi connectivity index (χ2n) is 9.21. The molecule has 3 heterocycles. The lowest BCUT2D eigenvalue weighted by Gasteiger charge is -2.27. The molecule has 9 heteroatoms. The summed E-state index contributed by atoms with van der Waals surface area (Å²) in [6.07, 6.45) is -1.43. The number of hydrogen-bond donors (Lipinski definition) is 1. The van der Waals surface area contributed by atoms with E-state index in [2.05, 4.69) is 9.97 Å². The molecule has 3 aliphatic rings. The summed E-state index contributed by atoms with van der Waals surface area (Å²) in [4.78, 5) is 33.4. The van der Waals surface area contributed by atoms with Gasteiger partial charge in [0.1, 0.15) is 0 Å². The molecule has 0 radical (unpaired) electrons. The number of aromatic amines is 1. The summed E-state index contributed by atoms with van der Waals surface area (Å²) in [6.45, 7) is 0.817. The molecule has 2 aliphatic heterocycles. The highest BCUT2D eigenvalue weighted by Crippen LogP contribution is 2.52. The van der Waals surface area contributed by atoms with Gasteiger partial charge in [0.2, 0.25) is 11.7 Å². The molecule has 2 aromatic carbocycles. The maximum Gasteiger partial charge on any atom is 0.449 e. The van der Waals surface area contributed by atoms with Crippen molar-refractivity contribution in [1.29, 1.82) is 0 Å². The predicted octanol–water partition coefficient (Wildman–Crippen LogP) is 4.43. The van der Waals surface area contributed by atoms with Gasteiger partial charge >= 0.3 is 12.1 Å². The van der Waals surface area contributed by atoms with Crippen molar-refractivity contribution in [2.45, 2.75) is 36.5 Å². The number of fused-ring (bicyclic) bond motifs is 2. The van der Waals surface area contributed by atoms with Crippen molar-refractivity contribution in [3.05, 3.63) is 77.2 Å². The number of imidazole rings is 1. The first-order valence-electron chi connectivity index (χ1n) is 11.1. The van der Waals surface area contributed by atoms with E-state index >= 15 is 0 Å². The summed E-state index contributed by atoms with van der Waals surface area (Å²) in [5, 5.41) is 0. The normalized spacial score (nSPS) is 22.7. The third-order valence-corrected chi connectivity index (χ3v) is 7.20. The predicted molar refractivity (Wildman–Crippen MR) is 115 cm³/mol. The standard InChI is InChI=1S/C25H20F3N3O3/c26-25(27,28)21-29-13-19(30-21)15-5-7-16(8-6-15)23(9-10-23)22(33)31-12-11-24(14-31)18-4-2-1-3-17(18)20(32)34-24/h1-8,13H,9-12,14H2,(H,29,30). The highest BCUT2D eigenvalue weighted by molar-refractivity contribution is 5.96. The minimum Gasteiger partial charge on any atom is -0.449 e. The Morgan fingerprint density at radius 2 is 1.79 bits per heavy atom. The molecule has 1 atom stereocenters. The van der Waals surface area contributed by atoms with Crippen LogP contribution in [0.5, 0.6) is 0 Å². The molecule has 1 spiro atoms. The van der Waals surface area contributed by atoms with Gasteiger partial charge in [-0.15, -0.1) is 0 Å². The highest BCUT2D eigenvalue weighted by atomic mass is 19.4. The molecule has 1 aliphatic carbocycles. The van der Waals surface area contributed by atoms with E-state index in [9.17, 15) is 22.8 Å². The van der Waals surface area contributed by atoms with Crippen LogP contribution >= 0.6 is 0 Å². The van der Waals surface area contributed by atoms with E-state index in [1.165, 1.54) is 0 Å². The fourth-order valence-corrected chi connectivity index (χ4v) is 5.24. The number of H-pyrrole nitrogens is 1. The Morgan fingerprint density at radius 1 is 1.06 bits per heavy atom. The number of benzene rings is 2. The van der Waals surface area contributed by atoms with Crippen LogP contribution in [0.3, 0.4) is 0 Å². The zero-order valence-corrected chi connectivity index (χ0v) is 18.0. The van der Waals surface area contributed by atoms with Crippen LogP contribution in [0.15, 0.2) is 54.7 Å². The molecule has 1 N–H and O–H groups in total. The van der Waals surface area contributed by atoms with E-state index in [4.69, 9.17) is 4.74 Å². The zero-order valence-electron chi connectivity index (χ0n) is 18.0. The summed E-state index contributed by atoms with van der Waals surface area (Å²) >= 11 is 0. The quantitative estimate of drug-likeness (QED) is 0.579. The molecular weight excluding hydrogens is 447 g/mol. The van der Waals surface area contributed by atoms with E-state index in [0.717, 1.165) is 17.3 Å². The maximum absolute atomic E-state index is 13.6. The first-order chi connectivity index (χ1) is 16.2. The summed E-state index contributed by atoms with van der Waals surface area (Å²) in [6, 6.07) is 14.3. The minimum absolute atomic E-state index is 0.00143. The van der Waals surface area contributed by atoms with Crippen molar-refractivity contribution < 1.29 is 27.5 Å². The van der Waals surface area contributed by atoms with Crippen LogP contribution in [0.25, 0.3) is 11.3 Å². The average molecular weight is 467 g/mol. The molecule has 3 aromatic rings. The fraction of sp³-hybridized carbons (Fsp3) is 0.320.